The van der Waals surface area contributed by atoms with E-state index in [0.29, 0.717) is 19.5 Å². The van der Waals surface area contributed by atoms with E-state index in [9.17, 15) is 9.90 Å². The molecule has 0 aliphatic carbocycles. The number of aromatic hydroxyl groups is 1. The molecular weight excluding hydrogens is 428 g/mol. The number of thiocarbonyl (C=S) groups is 1. The Balaban J connectivity index is 2.03. The molecule has 0 saturated carbocycles. The van der Waals surface area contributed by atoms with Crippen molar-refractivity contribution in [1.29, 1.82) is 0 Å². The van der Waals surface area contributed by atoms with E-state index in [0.717, 1.165) is 0 Å². The van der Waals surface area contributed by atoms with Crippen LogP contribution in [0.2, 0.25) is 0 Å². The van der Waals surface area contributed by atoms with Crippen LogP contribution >= 0.6 is 55.4 Å². The number of nitrogens with one attached hydrogen (secondary N) is 2. The zero-order chi connectivity index (χ0) is 14.7. The second-order valence-corrected chi connectivity index (χ2v) is 6.74. The van der Waals surface area contributed by atoms with Gasteiger partial charge in [-0.15, -0.1) is 11.3 Å². The molecule has 104 valence electrons. The first-order valence-corrected chi connectivity index (χ1v) is 8.18. The zero-order valence-electron chi connectivity index (χ0n) is 9.81. The molecule has 0 radical (unpaired) electrons. The summed E-state index contributed by atoms with van der Waals surface area (Å²) in [6, 6.07) is 6.83. The van der Waals surface area contributed by atoms with Gasteiger partial charge in [0.15, 0.2) is 5.11 Å². The quantitative estimate of drug-likeness (QED) is 0.490. The van der Waals surface area contributed by atoms with Crippen molar-refractivity contribution < 1.29 is 9.90 Å². The number of hydrogen-bond acceptors (Lipinski definition) is 4. The van der Waals surface area contributed by atoms with Gasteiger partial charge in [0.2, 0.25) is 0 Å². The lowest BCUT2D eigenvalue weighted by atomic mass is 10.3. The largest absolute Gasteiger partial charge is 0.506 e. The Morgan fingerprint density at radius 2 is 1.95 bits per heavy atom. The van der Waals surface area contributed by atoms with E-state index in [1.165, 1.54) is 11.3 Å². The average Bonchev–Trinajstić information content (AvgIpc) is 2.89. The minimum atomic E-state index is -0.255. The number of carbonyl (C=O) groups excluding carboxylic acids is 1. The van der Waals surface area contributed by atoms with E-state index >= 15 is 0 Å². The molecule has 0 atom stereocenters. The van der Waals surface area contributed by atoms with Gasteiger partial charge in [0.1, 0.15) is 5.75 Å². The summed E-state index contributed by atoms with van der Waals surface area (Å²) in [5.41, 5.74) is 0.637. The van der Waals surface area contributed by atoms with Crippen molar-refractivity contribution in [2.24, 2.45) is 0 Å². The molecule has 4 nitrogen and oxygen atoms in total. The van der Waals surface area contributed by atoms with E-state index in [4.69, 9.17) is 12.2 Å². The molecule has 2 rings (SSSR count). The third-order valence-corrected chi connectivity index (χ3v) is 4.53. The van der Waals surface area contributed by atoms with Crippen LogP contribution in [0, 0.1) is 0 Å². The maximum Gasteiger partial charge on any atom is 0.267 e. The lowest BCUT2D eigenvalue weighted by Gasteiger charge is -2.10. The molecule has 3 N–H and O–H groups in total. The highest BCUT2D eigenvalue weighted by atomic mass is 79.9. The Kier molecular flexibility index (Phi) is 5.14. The topological polar surface area (TPSA) is 61.4 Å². The SMILES string of the molecule is O=C(NC(=S)Nc1cc(Br)c(O)c(Br)c1)c1cccs1. The molecule has 1 aromatic heterocycles. The molecule has 0 aliphatic heterocycles. The Morgan fingerprint density at radius 3 is 2.50 bits per heavy atom. The Labute approximate surface area is 141 Å². The number of benzene rings is 1. The van der Waals surface area contributed by atoms with Crippen molar-refractivity contribution in [3.05, 3.63) is 43.5 Å². The molecule has 1 heterocycles. The average molecular weight is 436 g/mol. The first-order valence-electron chi connectivity index (χ1n) is 5.31. The van der Waals surface area contributed by atoms with Gasteiger partial charge in [-0.05, 0) is 67.7 Å². The summed E-state index contributed by atoms with van der Waals surface area (Å²) in [4.78, 5) is 12.4. The Hall–Kier alpha value is -0.960. The smallest absolute Gasteiger partial charge is 0.267 e. The molecule has 8 heteroatoms. The molecule has 2 aromatic rings. The van der Waals surface area contributed by atoms with Gasteiger partial charge in [-0.2, -0.15) is 0 Å². The summed E-state index contributed by atoms with van der Waals surface area (Å²) >= 11 is 12.9. The predicted octanol–water partition coefficient (Wildman–Crippen LogP) is 4.11. The fraction of sp³-hybridized carbons (Fsp3) is 0. The molecule has 20 heavy (non-hydrogen) atoms. The fourth-order valence-electron chi connectivity index (χ4n) is 1.37. The first-order chi connectivity index (χ1) is 9.47. The van der Waals surface area contributed by atoms with Gasteiger partial charge in [0.25, 0.3) is 5.91 Å². The highest BCUT2D eigenvalue weighted by Gasteiger charge is 2.10. The van der Waals surface area contributed by atoms with E-state index in [-0.39, 0.29) is 16.8 Å². The molecule has 1 amide bonds. The molecule has 0 aliphatic rings. The van der Waals surface area contributed by atoms with Crippen molar-refractivity contribution in [1.82, 2.24) is 5.32 Å². The van der Waals surface area contributed by atoms with Crippen molar-refractivity contribution in [3.8, 4) is 5.75 Å². The van der Waals surface area contributed by atoms with Crippen LogP contribution in [0.5, 0.6) is 5.75 Å². The summed E-state index contributed by atoms with van der Waals surface area (Å²) in [6.45, 7) is 0. The molecule has 0 unspecified atom stereocenters. The van der Waals surface area contributed by atoms with E-state index in [1.54, 1.807) is 24.3 Å². The van der Waals surface area contributed by atoms with Gasteiger partial charge in [-0.1, -0.05) is 6.07 Å². The normalized spacial score (nSPS) is 10.1. The minimum Gasteiger partial charge on any atom is -0.506 e. The van der Waals surface area contributed by atoms with Crippen LogP contribution in [-0.4, -0.2) is 16.1 Å². The third kappa shape index (κ3) is 3.78. The number of phenols is 1. The molecule has 0 spiro atoms. The zero-order valence-corrected chi connectivity index (χ0v) is 14.6. The van der Waals surface area contributed by atoms with Crippen LogP contribution in [-0.2, 0) is 0 Å². The second-order valence-electron chi connectivity index (χ2n) is 3.67. The number of rotatable bonds is 2. The number of thiophene rings is 1. The number of hydrogen-bond donors (Lipinski definition) is 3. The van der Waals surface area contributed by atoms with Crippen molar-refractivity contribution >= 4 is 72.1 Å². The molecule has 0 bridgehead atoms. The fourth-order valence-corrected chi connectivity index (χ4v) is 3.39. The molecular formula is C12H8Br2N2O2S2. The number of anilines is 1. The lowest BCUT2D eigenvalue weighted by molar-refractivity contribution is 0.0981. The van der Waals surface area contributed by atoms with Gasteiger partial charge >= 0.3 is 0 Å². The minimum absolute atomic E-state index is 0.101. The van der Waals surface area contributed by atoms with Crippen LogP contribution in [0.25, 0.3) is 0 Å². The van der Waals surface area contributed by atoms with Crippen molar-refractivity contribution in [2.75, 3.05) is 5.32 Å². The predicted molar refractivity (Wildman–Crippen MR) is 91.5 cm³/mol. The van der Waals surface area contributed by atoms with E-state index in [2.05, 4.69) is 42.5 Å². The number of halogens is 2. The van der Waals surface area contributed by atoms with E-state index in [1.807, 2.05) is 5.38 Å². The summed E-state index contributed by atoms with van der Waals surface area (Å²) in [7, 11) is 0. The number of amides is 1. The molecule has 0 fully saturated rings. The Bertz CT molecular complexity index is 636. The number of phenolic OH excluding ortho intramolecular Hbond substituents is 1. The second kappa shape index (κ2) is 6.66. The van der Waals surface area contributed by atoms with Gasteiger partial charge in [-0.25, -0.2) is 0 Å². The van der Waals surface area contributed by atoms with Crippen LogP contribution in [0.1, 0.15) is 9.67 Å². The third-order valence-electron chi connectivity index (χ3n) is 2.25. The van der Waals surface area contributed by atoms with Gasteiger partial charge in [0.05, 0.1) is 13.8 Å². The molecule has 0 saturated heterocycles. The van der Waals surface area contributed by atoms with Gasteiger partial charge in [-0.3, -0.25) is 10.1 Å². The summed E-state index contributed by atoms with van der Waals surface area (Å²) < 4.78 is 1.03. The standard InChI is InChI=1S/C12H8Br2N2O2S2/c13-7-4-6(5-8(14)10(7)17)15-12(19)16-11(18)9-2-1-3-20-9/h1-5,17H,(H2,15,16,18,19). The van der Waals surface area contributed by atoms with Gasteiger partial charge < -0.3 is 10.4 Å². The van der Waals surface area contributed by atoms with Gasteiger partial charge in [0, 0.05) is 5.69 Å². The highest BCUT2D eigenvalue weighted by molar-refractivity contribution is 9.11. The van der Waals surface area contributed by atoms with Crippen LogP contribution in [0.4, 0.5) is 5.69 Å². The first kappa shape index (κ1) is 15.4. The monoisotopic (exact) mass is 434 g/mol. The summed E-state index contributed by atoms with van der Waals surface area (Å²) in [5, 5.41) is 17.1. The Morgan fingerprint density at radius 1 is 1.30 bits per heavy atom. The summed E-state index contributed by atoms with van der Waals surface area (Å²) in [6.07, 6.45) is 0. The van der Waals surface area contributed by atoms with Crippen molar-refractivity contribution in [2.45, 2.75) is 0 Å². The maximum absolute atomic E-state index is 11.8. The maximum atomic E-state index is 11.8. The van der Waals surface area contributed by atoms with Crippen LogP contribution in [0.15, 0.2) is 38.6 Å². The van der Waals surface area contributed by atoms with E-state index < -0.39 is 0 Å². The highest BCUT2D eigenvalue weighted by Crippen LogP contribution is 2.35. The molecule has 1 aromatic carbocycles. The van der Waals surface area contributed by atoms with Crippen LogP contribution in [0.3, 0.4) is 0 Å². The number of carbonyl (C=O) groups is 1. The lowest BCUT2D eigenvalue weighted by Crippen LogP contribution is -2.33. The van der Waals surface area contributed by atoms with Crippen molar-refractivity contribution in [3.63, 3.8) is 0 Å². The summed E-state index contributed by atoms with van der Waals surface area (Å²) in [5.74, 6) is -0.154. The van der Waals surface area contributed by atoms with Crippen LogP contribution < -0.4 is 10.6 Å².